The first-order valence-electron chi connectivity index (χ1n) is 8.61. The maximum absolute atomic E-state index is 12.3. The van der Waals surface area contributed by atoms with Crippen LogP contribution in [0.25, 0.3) is 0 Å². The molecule has 1 aromatic rings. The molecule has 0 unspecified atom stereocenters. The molecule has 0 radical (unpaired) electrons. The molecule has 2 heterocycles. The van der Waals surface area contributed by atoms with E-state index in [0.717, 1.165) is 55.1 Å². The van der Waals surface area contributed by atoms with Crippen molar-refractivity contribution in [3.63, 3.8) is 0 Å². The number of thiocarbonyl (C=S) groups is 1. The van der Waals surface area contributed by atoms with Crippen molar-refractivity contribution in [3.05, 3.63) is 16.0 Å². The highest BCUT2D eigenvalue weighted by Crippen LogP contribution is 2.39. The van der Waals surface area contributed by atoms with Crippen molar-refractivity contribution >= 4 is 56.5 Å². The first-order valence-corrected chi connectivity index (χ1v) is 10.8. The molecule has 25 heavy (non-hydrogen) atoms. The number of amides is 2. The quantitative estimate of drug-likeness (QED) is 0.764. The van der Waals surface area contributed by atoms with Gasteiger partial charge < -0.3 is 16.0 Å². The molecular formula is C17H23N3O2S3. The minimum absolute atomic E-state index is 0.138. The summed E-state index contributed by atoms with van der Waals surface area (Å²) in [5.41, 5.74) is 7.12. The number of carbonyl (C=O) groups is 2. The summed E-state index contributed by atoms with van der Waals surface area (Å²) in [4.78, 5) is 27.6. The SMILES string of the molecule is C[C@@H]1CCc2c(sc(NC(=O)CSC(=S)N3CCCC3)c2C(N)=O)C1. The molecule has 3 N–H and O–H groups in total. The van der Waals surface area contributed by atoms with E-state index in [1.54, 1.807) is 0 Å². The Morgan fingerprint density at radius 1 is 1.40 bits per heavy atom. The van der Waals surface area contributed by atoms with Crippen LogP contribution in [0, 0.1) is 5.92 Å². The third-order valence-electron chi connectivity index (χ3n) is 4.70. The Bertz CT molecular complexity index is 696. The Hall–Kier alpha value is -1.12. The number of rotatable bonds is 4. The van der Waals surface area contributed by atoms with Crippen LogP contribution in [0.1, 0.15) is 47.0 Å². The van der Waals surface area contributed by atoms with Crippen LogP contribution >= 0.6 is 35.3 Å². The molecule has 0 saturated carbocycles. The number of thioether (sulfide) groups is 1. The standard InChI is InChI=1S/C17H23N3O2S3/c1-10-4-5-11-12(8-10)25-16(14(11)15(18)22)19-13(21)9-24-17(23)20-6-2-3-7-20/h10H,2-9H2,1H3,(H2,18,22)(H,19,21)/t10-/m1/s1. The van der Waals surface area contributed by atoms with Gasteiger partial charge in [-0.3, -0.25) is 9.59 Å². The molecule has 1 atom stereocenters. The molecule has 136 valence electrons. The first kappa shape index (κ1) is 18.7. The number of nitrogens with one attached hydrogen (secondary N) is 1. The van der Waals surface area contributed by atoms with Crippen LogP contribution in [-0.4, -0.2) is 39.9 Å². The Morgan fingerprint density at radius 3 is 2.80 bits per heavy atom. The van der Waals surface area contributed by atoms with Crippen molar-refractivity contribution in [2.24, 2.45) is 11.7 Å². The van der Waals surface area contributed by atoms with Crippen molar-refractivity contribution in [3.8, 4) is 0 Å². The molecule has 0 bridgehead atoms. The zero-order valence-corrected chi connectivity index (χ0v) is 16.7. The largest absolute Gasteiger partial charge is 0.365 e. The van der Waals surface area contributed by atoms with E-state index in [0.29, 0.717) is 16.5 Å². The fraction of sp³-hybridized carbons (Fsp3) is 0.588. The average Bonchev–Trinajstić information content (AvgIpc) is 3.19. The van der Waals surface area contributed by atoms with Crippen molar-refractivity contribution in [2.75, 3.05) is 24.2 Å². The van der Waals surface area contributed by atoms with E-state index in [4.69, 9.17) is 18.0 Å². The molecule has 0 aromatic carbocycles. The van der Waals surface area contributed by atoms with Crippen LogP contribution in [0.2, 0.25) is 0 Å². The second-order valence-electron chi connectivity index (χ2n) is 6.72. The van der Waals surface area contributed by atoms with Gasteiger partial charge in [-0.15, -0.1) is 11.3 Å². The summed E-state index contributed by atoms with van der Waals surface area (Å²) in [5, 5.41) is 3.49. The maximum atomic E-state index is 12.3. The number of nitrogens with zero attached hydrogens (tertiary/aromatic N) is 1. The van der Waals surface area contributed by atoms with Crippen molar-refractivity contribution < 1.29 is 9.59 Å². The Labute approximate surface area is 161 Å². The molecule has 0 spiro atoms. The number of primary amides is 1. The maximum Gasteiger partial charge on any atom is 0.251 e. The summed E-state index contributed by atoms with van der Waals surface area (Å²) < 4.78 is 0.780. The van der Waals surface area contributed by atoms with Crippen molar-refractivity contribution in [1.29, 1.82) is 0 Å². The van der Waals surface area contributed by atoms with Gasteiger partial charge in [0.15, 0.2) is 0 Å². The molecule has 1 aliphatic heterocycles. The van der Waals surface area contributed by atoms with E-state index in [1.165, 1.54) is 28.0 Å². The Balaban J connectivity index is 1.64. The first-order chi connectivity index (χ1) is 12.0. The Kier molecular flexibility index (Phi) is 6.01. The van der Waals surface area contributed by atoms with Gasteiger partial charge in [-0.05, 0) is 43.6 Å². The zero-order valence-electron chi connectivity index (χ0n) is 14.3. The fourth-order valence-corrected chi connectivity index (χ4v) is 5.86. The average molecular weight is 398 g/mol. The van der Waals surface area contributed by atoms with Gasteiger partial charge in [0.25, 0.3) is 5.91 Å². The highest BCUT2D eigenvalue weighted by molar-refractivity contribution is 8.23. The zero-order chi connectivity index (χ0) is 18.0. The summed E-state index contributed by atoms with van der Waals surface area (Å²) in [6.07, 6.45) is 5.18. The van der Waals surface area contributed by atoms with Crippen molar-refractivity contribution in [2.45, 2.75) is 39.0 Å². The lowest BCUT2D eigenvalue weighted by Gasteiger charge is -2.18. The molecule has 1 fully saturated rings. The van der Waals surface area contributed by atoms with Gasteiger partial charge >= 0.3 is 0 Å². The highest BCUT2D eigenvalue weighted by atomic mass is 32.2. The number of anilines is 1. The topological polar surface area (TPSA) is 75.4 Å². The lowest BCUT2D eigenvalue weighted by Crippen LogP contribution is -2.25. The lowest BCUT2D eigenvalue weighted by atomic mass is 9.88. The summed E-state index contributed by atoms with van der Waals surface area (Å²) >= 11 is 8.27. The molecule has 5 nitrogen and oxygen atoms in total. The van der Waals surface area contributed by atoms with E-state index in [1.807, 2.05) is 0 Å². The minimum Gasteiger partial charge on any atom is -0.365 e. The monoisotopic (exact) mass is 397 g/mol. The molecule has 3 rings (SSSR count). The van der Waals surface area contributed by atoms with Crippen LogP contribution in [0.4, 0.5) is 5.00 Å². The van der Waals surface area contributed by atoms with Gasteiger partial charge in [0.05, 0.1) is 11.3 Å². The van der Waals surface area contributed by atoms with Gasteiger partial charge in [0.2, 0.25) is 5.91 Å². The third kappa shape index (κ3) is 4.35. The number of carbonyl (C=O) groups excluding carboxylic acids is 2. The summed E-state index contributed by atoms with van der Waals surface area (Å²) in [7, 11) is 0. The smallest absolute Gasteiger partial charge is 0.251 e. The van der Waals surface area contributed by atoms with Crippen LogP contribution in [0.15, 0.2) is 0 Å². The van der Waals surface area contributed by atoms with Gasteiger partial charge in [0, 0.05) is 18.0 Å². The summed E-state index contributed by atoms with van der Waals surface area (Å²) in [6, 6.07) is 0. The summed E-state index contributed by atoms with van der Waals surface area (Å²) in [6.45, 7) is 4.17. The van der Waals surface area contributed by atoms with Crippen LogP contribution in [-0.2, 0) is 17.6 Å². The van der Waals surface area contributed by atoms with E-state index in [2.05, 4.69) is 17.1 Å². The van der Waals surface area contributed by atoms with E-state index < -0.39 is 5.91 Å². The normalized spacial score (nSPS) is 19.6. The third-order valence-corrected chi connectivity index (χ3v) is 7.40. The van der Waals surface area contributed by atoms with Gasteiger partial charge in [-0.25, -0.2) is 0 Å². The second kappa shape index (κ2) is 8.05. The molecular weight excluding hydrogens is 374 g/mol. The van der Waals surface area contributed by atoms with E-state index in [-0.39, 0.29) is 11.7 Å². The second-order valence-corrected chi connectivity index (χ2v) is 9.43. The molecule has 1 aromatic heterocycles. The van der Waals surface area contributed by atoms with Crippen molar-refractivity contribution in [1.82, 2.24) is 4.90 Å². The molecule has 1 aliphatic carbocycles. The van der Waals surface area contributed by atoms with Crippen LogP contribution in [0.5, 0.6) is 0 Å². The van der Waals surface area contributed by atoms with Gasteiger partial charge in [0.1, 0.15) is 9.32 Å². The summed E-state index contributed by atoms with van der Waals surface area (Å²) in [5.74, 6) is 0.263. The molecule has 2 aliphatic rings. The van der Waals surface area contributed by atoms with Crippen LogP contribution < -0.4 is 11.1 Å². The number of hydrogen-bond donors (Lipinski definition) is 2. The number of fused-ring (bicyclic) bond motifs is 1. The predicted octanol–water partition coefficient (Wildman–Crippen LogP) is 3.02. The molecule has 8 heteroatoms. The molecule has 1 saturated heterocycles. The predicted molar refractivity (Wildman–Crippen MR) is 109 cm³/mol. The highest BCUT2D eigenvalue weighted by Gasteiger charge is 2.27. The van der Waals surface area contributed by atoms with Gasteiger partial charge in [-0.1, -0.05) is 30.9 Å². The number of hydrogen-bond acceptors (Lipinski definition) is 5. The van der Waals surface area contributed by atoms with E-state index >= 15 is 0 Å². The lowest BCUT2D eigenvalue weighted by molar-refractivity contribution is -0.113. The van der Waals surface area contributed by atoms with Crippen LogP contribution in [0.3, 0.4) is 0 Å². The van der Waals surface area contributed by atoms with E-state index in [9.17, 15) is 9.59 Å². The number of nitrogens with two attached hydrogens (primary N) is 1. The number of likely N-dealkylation sites (tertiary alicyclic amines) is 1. The minimum atomic E-state index is -0.456. The molecule has 2 amide bonds. The number of thiophene rings is 1. The van der Waals surface area contributed by atoms with Gasteiger partial charge in [-0.2, -0.15) is 0 Å². The fourth-order valence-electron chi connectivity index (χ4n) is 3.38. The Morgan fingerprint density at radius 2 is 2.12 bits per heavy atom.